The topological polar surface area (TPSA) is 46.6 Å². The molecule has 0 aromatic heterocycles. The van der Waals surface area contributed by atoms with Crippen LogP contribution in [0, 0.1) is 0 Å². The number of likely N-dealkylation sites (tertiary alicyclic amines) is 1. The van der Waals surface area contributed by atoms with Crippen LogP contribution >= 0.6 is 0 Å². The summed E-state index contributed by atoms with van der Waals surface area (Å²) in [6, 6.07) is 5.20. The number of amides is 1. The van der Waals surface area contributed by atoms with Gasteiger partial charge in [-0.1, -0.05) is 12.1 Å². The van der Waals surface area contributed by atoms with Crippen molar-refractivity contribution in [1.29, 1.82) is 0 Å². The zero-order valence-corrected chi connectivity index (χ0v) is 9.74. The van der Waals surface area contributed by atoms with Crippen LogP contribution in [0.1, 0.15) is 12.0 Å². The molecule has 4 nitrogen and oxygen atoms in total. The first kappa shape index (κ1) is 13.4. The third-order valence-electron chi connectivity index (χ3n) is 2.60. The first-order chi connectivity index (χ1) is 8.83. The van der Waals surface area contributed by atoms with Gasteiger partial charge in [0.1, 0.15) is 5.75 Å². The molecule has 0 atom stereocenters. The van der Waals surface area contributed by atoms with Gasteiger partial charge in [0.15, 0.2) is 5.78 Å². The Hall–Kier alpha value is -2.05. The van der Waals surface area contributed by atoms with E-state index in [1.165, 1.54) is 29.2 Å². The lowest BCUT2D eigenvalue weighted by Gasteiger charge is -2.15. The third-order valence-corrected chi connectivity index (χ3v) is 2.60. The average Bonchev–Trinajstić information content (AvgIpc) is 2.58. The summed E-state index contributed by atoms with van der Waals surface area (Å²) < 4.78 is 39.6. The molecule has 1 aliphatic heterocycles. The molecule has 0 N–H and O–H groups in total. The highest BCUT2D eigenvalue weighted by Crippen LogP contribution is 2.23. The number of alkyl halides is 3. The van der Waals surface area contributed by atoms with Crippen molar-refractivity contribution in [3.8, 4) is 5.75 Å². The molecule has 1 aliphatic rings. The molecule has 2 rings (SSSR count). The van der Waals surface area contributed by atoms with Crippen molar-refractivity contribution in [3.05, 3.63) is 29.8 Å². The normalized spacial score (nSPS) is 16.1. The van der Waals surface area contributed by atoms with Crippen LogP contribution in [0.2, 0.25) is 0 Å². The Morgan fingerprint density at radius 3 is 2.26 bits per heavy atom. The molecule has 0 spiro atoms. The van der Waals surface area contributed by atoms with Gasteiger partial charge in [-0.15, -0.1) is 13.2 Å². The van der Waals surface area contributed by atoms with Gasteiger partial charge < -0.3 is 9.64 Å². The predicted molar refractivity (Wildman–Crippen MR) is 58.2 cm³/mol. The summed E-state index contributed by atoms with van der Waals surface area (Å²) in [5.74, 6) is -0.734. The molecule has 1 aromatic carbocycles. The van der Waals surface area contributed by atoms with Crippen LogP contribution in [0.25, 0.3) is 0 Å². The van der Waals surface area contributed by atoms with E-state index in [4.69, 9.17) is 0 Å². The third kappa shape index (κ3) is 3.70. The van der Waals surface area contributed by atoms with E-state index in [9.17, 15) is 22.8 Å². The van der Waals surface area contributed by atoms with Crippen LogP contribution in [-0.4, -0.2) is 29.5 Å². The van der Waals surface area contributed by atoms with Gasteiger partial charge in [-0.3, -0.25) is 9.59 Å². The Morgan fingerprint density at radius 2 is 1.79 bits per heavy atom. The summed E-state index contributed by atoms with van der Waals surface area (Å²) in [5.41, 5.74) is 0.637. The maximum Gasteiger partial charge on any atom is 0.573 e. The molecule has 1 heterocycles. The fourth-order valence-electron chi connectivity index (χ4n) is 1.80. The van der Waals surface area contributed by atoms with Crippen LogP contribution < -0.4 is 4.74 Å². The summed E-state index contributed by atoms with van der Waals surface area (Å²) in [7, 11) is 0. The molecule has 1 fully saturated rings. The van der Waals surface area contributed by atoms with Gasteiger partial charge in [-0.25, -0.2) is 0 Å². The van der Waals surface area contributed by atoms with E-state index in [0.29, 0.717) is 5.56 Å². The second kappa shape index (κ2) is 4.91. The quantitative estimate of drug-likeness (QED) is 0.790. The van der Waals surface area contributed by atoms with Gasteiger partial charge in [0.25, 0.3) is 0 Å². The van der Waals surface area contributed by atoms with E-state index >= 15 is 0 Å². The summed E-state index contributed by atoms with van der Waals surface area (Å²) in [4.78, 5) is 23.8. The monoisotopic (exact) mass is 273 g/mol. The number of ether oxygens (including phenoxy) is 1. The van der Waals surface area contributed by atoms with Crippen LogP contribution in [-0.2, 0) is 16.1 Å². The number of benzene rings is 1. The largest absolute Gasteiger partial charge is 0.573 e. The fourth-order valence-corrected chi connectivity index (χ4v) is 1.80. The van der Waals surface area contributed by atoms with Crippen LogP contribution in [0.3, 0.4) is 0 Å². The molecule has 7 heteroatoms. The van der Waals surface area contributed by atoms with Crippen molar-refractivity contribution < 1.29 is 27.5 Å². The minimum atomic E-state index is -4.72. The Balaban J connectivity index is 1.99. The van der Waals surface area contributed by atoms with Crippen LogP contribution in [0.5, 0.6) is 5.75 Å². The number of carbonyl (C=O) groups is 2. The molecule has 19 heavy (non-hydrogen) atoms. The molecule has 1 amide bonds. The van der Waals surface area contributed by atoms with Gasteiger partial charge in [0, 0.05) is 6.54 Å². The summed E-state index contributed by atoms with van der Waals surface area (Å²) in [5, 5.41) is 0. The van der Waals surface area contributed by atoms with Gasteiger partial charge >= 0.3 is 6.36 Å². The van der Waals surface area contributed by atoms with Crippen molar-refractivity contribution in [1.82, 2.24) is 4.90 Å². The highest BCUT2D eigenvalue weighted by atomic mass is 19.4. The Bertz CT molecular complexity index is 496. The number of Topliss-reactive ketones (excluding diaryl/α,β-unsaturated/α-hetero) is 1. The predicted octanol–water partition coefficient (Wildman–Crippen LogP) is 1.89. The van der Waals surface area contributed by atoms with Crippen molar-refractivity contribution in [2.75, 3.05) is 6.54 Å². The zero-order valence-electron chi connectivity index (χ0n) is 9.74. The maximum atomic E-state index is 12.0. The van der Waals surface area contributed by atoms with Crippen LogP contribution in [0.15, 0.2) is 24.3 Å². The highest BCUT2D eigenvalue weighted by Gasteiger charge is 2.31. The minimum absolute atomic E-state index is 0.0552. The number of nitrogens with zero attached hydrogens (tertiary/aromatic N) is 1. The van der Waals surface area contributed by atoms with Crippen molar-refractivity contribution in [2.24, 2.45) is 0 Å². The molecule has 1 saturated heterocycles. The summed E-state index contributed by atoms with van der Waals surface area (Å²) >= 11 is 0. The lowest BCUT2D eigenvalue weighted by Crippen LogP contribution is -2.24. The zero-order chi connectivity index (χ0) is 14.0. The Labute approximate surface area is 106 Å². The number of hydrogen-bond donors (Lipinski definition) is 0. The maximum absolute atomic E-state index is 12.0. The van der Waals surface area contributed by atoms with Crippen molar-refractivity contribution in [2.45, 2.75) is 19.3 Å². The van der Waals surface area contributed by atoms with Gasteiger partial charge in [0.05, 0.1) is 13.0 Å². The van der Waals surface area contributed by atoms with Crippen molar-refractivity contribution in [3.63, 3.8) is 0 Å². The molecule has 0 radical (unpaired) electrons. The first-order valence-corrected chi connectivity index (χ1v) is 5.48. The Morgan fingerprint density at radius 1 is 1.16 bits per heavy atom. The average molecular weight is 273 g/mol. The molecular weight excluding hydrogens is 263 g/mol. The minimum Gasteiger partial charge on any atom is -0.406 e. The second-order valence-electron chi connectivity index (χ2n) is 4.16. The van der Waals surface area contributed by atoms with E-state index in [0.717, 1.165) is 0 Å². The summed E-state index contributed by atoms with van der Waals surface area (Å²) in [6.07, 6.45) is -4.83. The molecule has 0 saturated carbocycles. The molecule has 0 bridgehead atoms. The fraction of sp³-hybridized carbons (Fsp3) is 0.333. The van der Waals surface area contributed by atoms with Gasteiger partial charge in [-0.2, -0.15) is 0 Å². The van der Waals surface area contributed by atoms with Gasteiger partial charge in [0.2, 0.25) is 5.91 Å². The molecule has 0 unspecified atom stereocenters. The molecular formula is C12H10F3NO3. The van der Waals surface area contributed by atoms with E-state index in [1.807, 2.05) is 0 Å². The number of hydrogen-bond acceptors (Lipinski definition) is 3. The smallest absolute Gasteiger partial charge is 0.406 e. The van der Waals surface area contributed by atoms with Crippen molar-refractivity contribution >= 4 is 11.7 Å². The summed E-state index contributed by atoms with van der Waals surface area (Å²) in [6.45, 7) is 0.260. The Kier molecular flexibility index (Phi) is 3.46. The molecule has 1 aromatic rings. The first-order valence-electron chi connectivity index (χ1n) is 5.48. The number of carbonyl (C=O) groups excluding carboxylic acids is 2. The molecule has 0 aliphatic carbocycles. The number of rotatable bonds is 3. The van der Waals surface area contributed by atoms with E-state index in [-0.39, 0.29) is 37.0 Å². The lowest BCUT2D eigenvalue weighted by molar-refractivity contribution is -0.274. The van der Waals surface area contributed by atoms with E-state index in [1.54, 1.807) is 0 Å². The number of halogens is 3. The van der Waals surface area contributed by atoms with Gasteiger partial charge in [-0.05, 0) is 17.7 Å². The molecule has 102 valence electrons. The van der Waals surface area contributed by atoms with E-state index < -0.39 is 6.36 Å². The second-order valence-corrected chi connectivity index (χ2v) is 4.16. The van der Waals surface area contributed by atoms with Crippen LogP contribution in [0.4, 0.5) is 13.2 Å². The standard InChI is InChI=1S/C12H10F3NO3/c13-12(14,15)19-10-3-1-8(2-4-10)6-16-7-9(17)5-11(16)18/h1-4H,5-7H2. The highest BCUT2D eigenvalue weighted by molar-refractivity contribution is 6.05. The SMILES string of the molecule is O=C1CC(=O)N(Cc2ccc(OC(F)(F)F)cc2)C1. The van der Waals surface area contributed by atoms with E-state index in [2.05, 4.69) is 4.74 Å². The number of ketones is 1. The lowest BCUT2D eigenvalue weighted by atomic mass is 10.2.